The highest BCUT2D eigenvalue weighted by Gasteiger charge is 2.29. The SMILES string of the molecule is CC(=O)[C@H]1CCCCC1CC(O)CNCCCN(C)C. The molecule has 4 heteroatoms. The Balaban J connectivity index is 2.19. The van der Waals surface area contributed by atoms with E-state index in [4.69, 9.17) is 0 Å². The summed E-state index contributed by atoms with van der Waals surface area (Å²) in [6.45, 7) is 4.36. The summed E-state index contributed by atoms with van der Waals surface area (Å²) < 4.78 is 0. The lowest BCUT2D eigenvalue weighted by Gasteiger charge is -2.31. The Morgan fingerprint density at radius 3 is 2.70 bits per heavy atom. The van der Waals surface area contributed by atoms with Crippen LogP contribution in [-0.2, 0) is 4.79 Å². The van der Waals surface area contributed by atoms with Gasteiger partial charge in [0.2, 0.25) is 0 Å². The summed E-state index contributed by atoms with van der Waals surface area (Å²) in [7, 11) is 4.14. The Morgan fingerprint density at radius 1 is 1.35 bits per heavy atom. The summed E-state index contributed by atoms with van der Waals surface area (Å²) >= 11 is 0. The summed E-state index contributed by atoms with van der Waals surface area (Å²) in [6.07, 6.45) is 6.03. The molecule has 0 aromatic carbocycles. The molecule has 1 saturated carbocycles. The molecule has 0 aromatic rings. The monoisotopic (exact) mass is 284 g/mol. The molecule has 1 aliphatic rings. The fourth-order valence-corrected chi connectivity index (χ4v) is 3.25. The second kappa shape index (κ2) is 9.48. The van der Waals surface area contributed by atoms with Crippen molar-refractivity contribution in [3.05, 3.63) is 0 Å². The molecule has 0 heterocycles. The zero-order valence-electron chi connectivity index (χ0n) is 13.4. The lowest BCUT2D eigenvalue weighted by molar-refractivity contribution is -0.123. The maximum Gasteiger partial charge on any atom is 0.133 e. The molecule has 0 radical (unpaired) electrons. The van der Waals surface area contributed by atoms with Gasteiger partial charge >= 0.3 is 0 Å². The van der Waals surface area contributed by atoms with Crippen molar-refractivity contribution < 1.29 is 9.90 Å². The van der Waals surface area contributed by atoms with E-state index in [2.05, 4.69) is 24.3 Å². The molecule has 20 heavy (non-hydrogen) atoms. The standard InChI is InChI=1S/C16H32N2O2/c1-13(19)16-8-5-4-7-14(16)11-15(20)12-17-9-6-10-18(2)3/h14-17,20H,4-12H2,1-3H3/t14?,15?,16-/m1/s1. The van der Waals surface area contributed by atoms with Crippen LogP contribution in [0.1, 0.15) is 45.4 Å². The van der Waals surface area contributed by atoms with Crippen molar-refractivity contribution in [1.82, 2.24) is 10.2 Å². The predicted octanol–water partition coefficient (Wildman–Crippen LogP) is 1.67. The maximum atomic E-state index is 11.7. The summed E-state index contributed by atoms with van der Waals surface area (Å²) in [5, 5.41) is 13.4. The van der Waals surface area contributed by atoms with Gasteiger partial charge in [0.05, 0.1) is 6.10 Å². The number of hydrogen-bond acceptors (Lipinski definition) is 4. The molecule has 0 saturated heterocycles. The van der Waals surface area contributed by atoms with Crippen LogP contribution in [0.3, 0.4) is 0 Å². The Hall–Kier alpha value is -0.450. The number of nitrogens with zero attached hydrogens (tertiary/aromatic N) is 1. The highest BCUT2D eigenvalue weighted by molar-refractivity contribution is 5.78. The molecule has 1 rings (SSSR count). The van der Waals surface area contributed by atoms with Crippen LogP contribution in [0.4, 0.5) is 0 Å². The average Bonchev–Trinajstić information content (AvgIpc) is 2.38. The number of nitrogens with one attached hydrogen (secondary N) is 1. The van der Waals surface area contributed by atoms with Crippen LogP contribution >= 0.6 is 0 Å². The number of rotatable bonds is 9. The molecule has 2 unspecified atom stereocenters. The first-order valence-electron chi connectivity index (χ1n) is 8.04. The van der Waals surface area contributed by atoms with Crippen molar-refractivity contribution in [2.24, 2.45) is 11.8 Å². The number of aliphatic hydroxyl groups is 1. The van der Waals surface area contributed by atoms with Gasteiger partial charge in [0.1, 0.15) is 5.78 Å². The maximum absolute atomic E-state index is 11.7. The van der Waals surface area contributed by atoms with Crippen LogP contribution in [0.15, 0.2) is 0 Å². The molecule has 0 aliphatic heterocycles. The van der Waals surface area contributed by atoms with E-state index < -0.39 is 0 Å². The van der Waals surface area contributed by atoms with E-state index in [1.807, 2.05) is 0 Å². The molecule has 1 fully saturated rings. The third-order valence-corrected chi connectivity index (χ3v) is 4.34. The third kappa shape index (κ3) is 6.82. The predicted molar refractivity (Wildman–Crippen MR) is 82.8 cm³/mol. The Kier molecular flexibility index (Phi) is 8.34. The minimum Gasteiger partial charge on any atom is -0.392 e. The van der Waals surface area contributed by atoms with Crippen LogP contribution < -0.4 is 5.32 Å². The van der Waals surface area contributed by atoms with E-state index in [0.717, 1.165) is 38.8 Å². The molecule has 0 spiro atoms. The van der Waals surface area contributed by atoms with E-state index in [0.29, 0.717) is 18.2 Å². The number of hydrogen-bond donors (Lipinski definition) is 2. The minimum atomic E-state index is -0.320. The second-order valence-electron chi connectivity index (χ2n) is 6.51. The Bertz CT molecular complexity index is 282. The first kappa shape index (κ1) is 17.6. The molecular weight excluding hydrogens is 252 g/mol. The molecule has 4 nitrogen and oxygen atoms in total. The van der Waals surface area contributed by atoms with Crippen molar-refractivity contribution in [2.75, 3.05) is 33.7 Å². The molecule has 1 aliphatic carbocycles. The van der Waals surface area contributed by atoms with Crippen molar-refractivity contribution >= 4 is 5.78 Å². The molecular formula is C16H32N2O2. The number of ketones is 1. The fraction of sp³-hybridized carbons (Fsp3) is 0.938. The van der Waals surface area contributed by atoms with Gasteiger partial charge in [-0.3, -0.25) is 4.79 Å². The number of Topliss-reactive ketones (excluding diaryl/α,β-unsaturated/α-hetero) is 1. The molecule has 3 atom stereocenters. The number of carbonyl (C=O) groups excluding carboxylic acids is 1. The first-order valence-corrected chi connectivity index (χ1v) is 8.04. The second-order valence-corrected chi connectivity index (χ2v) is 6.51. The first-order chi connectivity index (χ1) is 9.50. The van der Waals surface area contributed by atoms with Gasteiger partial charge in [-0.15, -0.1) is 0 Å². The van der Waals surface area contributed by atoms with E-state index in [1.54, 1.807) is 6.92 Å². The van der Waals surface area contributed by atoms with Gasteiger partial charge in [-0.05, 0) is 65.7 Å². The van der Waals surface area contributed by atoms with Gasteiger partial charge in [-0.25, -0.2) is 0 Å². The Labute approximate surface area is 123 Å². The number of aliphatic hydroxyl groups excluding tert-OH is 1. The molecule has 0 amide bonds. The summed E-state index contributed by atoms with van der Waals surface area (Å²) in [5.74, 6) is 0.882. The zero-order chi connectivity index (χ0) is 15.0. The van der Waals surface area contributed by atoms with Crippen LogP contribution in [0, 0.1) is 11.8 Å². The lowest BCUT2D eigenvalue weighted by Crippen LogP contribution is -2.34. The van der Waals surface area contributed by atoms with Crippen molar-refractivity contribution in [1.29, 1.82) is 0 Å². The van der Waals surface area contributed by atoms with Crippen molar-refractivity contribution in [2.45, 2.75) is 51.6 Å². The summed E-state index contributed by atoms with van der Waals surface area (Å²) in [5.41, 5.74) is 0. The highest BCUT2D eigenvalue weighted by atomic mass is 16.3. The van der Waals surface area contributed by atoms with Gasteiger partial charge in [0, 0.05) is 12.5 Å². The van der Waals surface area contributed by atoms with Gasteiger partial charge in [0.25, 0.3) is 0 Å². The quantitative estimate of drug-likeness (QED) is 0.633. The largest absolute Gasteiger partial charge is 0.392 e. The van der Waals surface area contributed by atoms with E-state index >= 15 is 0 Å². The van der Waals surface area contributed by atoms with E-state index in [9.17, 15) is 9.90 Å². The van der Waals surface area contributed by atoms with Gasteiger partial charge in [-0.2, -0.15) is 0 Å². The normalized spacial score (nSPS) is 24.9. The van der Waals surface area contributed by atoms with E-state index in [-0.39, 0.29) is 12.0 Å². The smallest absolute Gasteiger partial charge is 0.133 e. The lowest BCUT2D eigenvalue weighted by atomic mass is 9.75. The van der Waals surface area contributed by atoms with Gasteiger partial charge in [0.15, 0.2) is 0 Å². The van der Waals surface area contributed by atoms with Crippen LogP contribution in [-0.4, -0.2) is 55.6 Å². The molecule has 2 N–H and O–H groups in total. The molecule has 0 aromatic heterocycles. The topological polar surface area (TPSA) is 52.6 Å². The summed E-state index contributed by atoms with van der Waals surface area (Å²) in [4.78, 5) is 13.8. The minimum absolute atomic E-state index is 0.187. The summed E-state index contributed by atoms with van der Waals surface area (Å²) in [6, 6.07) is 0. The van der Waals surface area contributed by atoms with Crippen LogP contribution in [0.5, 0.6) is 0 Å². The number of carbonyl (C=O) groups is 1. The van der Waals surface area contributed by atoms with Gasteiger partial charge < -0.3 is 15.3 Å². The highest BCUT2D eigenvalue weighted by Crippen LogP contribution is 2.33. The van der Waals surface area contributed by atoms with Crippen molar-refractivity contribution in [3.63, 3.8) is 0 Å². The fourth-order valence-electron chi connectivity index (χ4n) is 3.25. The zero-order valence-corrected chi connectivity index (χ0v) is 13.4. The van der Waals surface area contributed by atoms with Crippen LogP contribution in [0.25, 0.3) is 0 Å². The third-order valence-electron chi connectivity index (χ3n) is 4.34. The van der Waals surface area contributed by atoms with Crippen molar-refractivity contribution in [3.8, 4) is 0 Å². The van der Waals surface area contributed by atoms with E-state index in [1.165, 1.54) is 12.8 Å². The van der Waals surface area contributed by atoms with Crippen LogP contribution in [0.2, 0.25) is 0 Å². The van der Waals surface area contributed by atoms with Gasteiger partial charge in [-0.1, -0.05) is 12.8 Å². The Morgan fingerprint density at radius 2 is 2.05 bits per heavy atom. The molecule has 0 bridgehead atoms. The molecule has 118 valence electrons. The average molecular weight is 284 g/mol.